The molecular formula is C8H9FN2O4S. The quantitative estimate of drug-likeness (QED) is 0.707. The maximum atomic E-state index is 12.7. The van der Waals surface area contributed by atoms with Crippen LogP contribution in [0.4, 0.5) is 3.89 Å². The van der Waals surface area contributed by atoms with Crippen LogP contribution in [0.1, 0.15) is 12.1 Å². The van der Waals surface area contributed by atoms with Crippen LogP contribution in [0.15, 0.2) is 17.1 Å². The van der Waals surface area contributed by atoms with Crippen molar-refractivity contribution in [3.05, 3.63) is 18.4 Å². The molecular weight excluding hydrogens is 239 g/mol. The van der Waals surface area contributed by atoms with Crippen molar-refractivity contribution in [1.82, 2.24) is 9.88 Å². The summed E-state index contributed by atoms with van der Waals surface area (Å²) in [4.78, 5) is 16.4. The molecule has 0 bridgehead atoms. The second kappa shape index (κ2) is 3.85. The average molecular weight is 248 g/mol. The Kier molecular flexibility index (Phi) is 2.66. The van der Waals surface area contributed by atoms with Gasteiger partial charge in [-0.15, -0.1) is 3.89 Å². The van der Waals surface area contributed by atoms with Gasteiger partial charge in [0.1, 0.15) is 11.5 Å². The molecule has 0 saturated carbocycles. The zero-order chi connectivity index (χ0) is 11.8. The normalized spacial score (nSPS) is 21.7. The first-order valence-corrected chi connectivity index (χ1v) is 6.00. The number of carbonyl (C=O) groups excluding carboxylic acids is 1. The van der Waals surface area contributed by atoms with E-state index in [1.54, 1.807) is 0 Å². The molecule has 16 heavy (non-hydrogen) atoms. The standard InChI is InChI=1S/C8H9FN2O4S/c9-16(13,14)7-1-8(12)11(3-7)2-6-4-15-5-10-6/h4-5,7H,1-3H2. The van der Waals surface area contributed by atoms with Gasteiger partial charge in [0.15, 0.2) is 6.39 Å². The number of aromatic nitrogens is 1. The summed E-state index contributed by atoms with van der Waals surface area (Å²) < 4.78 is 38.7. The Balaban J connectivity index is 2.06. The largest absolute Gasteiger partial charge is 0.451 e. The third-order valence-electron chi connectivity index (χ3n) is 2.41. The van der Waals surface area contributed by atoms with Crippen molar-refractivity contribution in [3.63, 3.8) is 0 Å². The molecule has 0 aliphatic carbocycles. The van der Waals surface area contributed by atoms with E-state index in [-0.39, 0.29) is 19.5 Å². The molecule has 0 aromatic carbocycles. The first-order chi connectivity index (χ1) is 7.47. The van der Waals surface area contributed by atoms with Crippen LogP contribution >= 0.6 is 0 Å². The zero-order valence-electron chi connectivity index (χ0n) is 8.17. The van der Waals surface area contributed by atoms with Gasteiger partial charge in [0.25, 0.3) is 0 Å². The maximum Gasteiger partial charge on any atom is 0.307 e. The molecule has 6 nitrogen and oxygen atoms in total. The molecule has 1 unspecified atom stereocenters. The smallest absolute Gasteiger partial charge is 0.307 e. The van der Waals surface area contributed by atoms with Gasteiger partial charge in [-0.05, 0) is 0 Å². The monoisotopic (exact) mass is 248 g/mol. The Labute approximate surface area is 91.3 Å². The fourth-order valence-corrected chi connectivity index (χ4v) is 2.29. The van der Waals surface area contributed by atoms with Crippen LogP contribution in [0.5, 0.6) is 0 Å². The van der Waals surface area contributed by atoms with E-state index < -0.39 is 21.4 Å². The van der Waals surface area contributed by atoms with Crippen LogP contribution in [0.3, 0.4) is 0 Å². The molecule has 8 heteroatoms. The maximum absolute atomic E-state index is 12.7. The Morgan fingerprint density at radius 3 is 2.88 bits per heavy atom. The summed E-state index contributed by atoms with van der Waals surface area (Å²) in [7, 11) is -4.65. The Bertz CT molecular complexity index is 484. The summed E-state index contributed by atoms with van der Waals surface area (Å²) in [5.41, 5.74) is 0.505. The van der Waals surface area contributed by atoms with Gasteiger partial charge in [-0.2, -0.15) is 8.42 Å². The lowest BCUT2D eigenvalue weighted by molar-refractivity contribution is -0.128. The topological polar surface area (TPSA) is 80.5 Å². The number of nitrogens with zero attached hydrogens (tertiary/aromatic N) is 2. The second-order valence-electron chi connectivity index (χ2n) is 3.56. The molecule has 1 fully saturated rings. The lowest BCUT2D eigenvalue weighted by Crippen LogP contribution is -2.26. The van der Waals surface area contributed by atoms with Crippen LogP contribution in [0.2, 0.25) is 0 Å². The van der Waals surface area contributed by atoms with Crippen molar-refractivity contribution in [2.45, 2.75) is 18.2 Å². The summed E-state index contributed by atoms with van der Waals surface area (Å²) in [6.07, 6.45) is 2.25. The fourth-order valence-electron chi connectivity index (χ4n) is 1.59. The molecule has 0 radical (unpaired) electrons. The van der Waals surface area contributed by atoms with Crippen LogP contribution in [-0.4, -0.2) is 36.0 Å². The highest BCUT2D eigenvalue weighted by Crippen LogP contribution is 2.21. The number of halogens is 1. The molecule has 1 saturated heterocycles. The number of rotatable bonds is 3. The molecule has 0 N–H and O–H groups in total. The van der Waals surface area contributed by atoms with Gasteiger partial charge in [-0.3, -0.25) is 4.79 Å². The minimum atomic E-state index is -4.65. The van der Waals surface area contributed by atoms with Gasteiger partial charge >= 0.3 is 10.2 Å². The SMILES string of the molecule is O=C1CC(S(=O)(=O)F)CN1Cc1cocn1. The van der Waals surface area contributed by atoms with E-state index in [9.17, 15) is 17.1 Å². The van der Waals surface area contributed by atoms with Crippen LogP contribution in [0, 0.1) is 0 Å². The third-order valence-corrected chi connectivity index (χ3v) is 3.53. The number of carbonyl (C=O) groups is 1. The van der Waals surface area contributed by atoms with Crippen LogP contribution in [0.25, 0.3) is 0 Å². The zero-order valence-corrected chi connectivity index (χ0v) is 8.98. The van der Waals surface area contributed by atoms with Crippen molar-refractivity contribution in [2.24, 2.45) is 0 Å². The molecule has 1 amide bonds. The van der Waals surface area contributed by atoms with E-state index in [1.165, 1.54) is 17.6 Å². The Morgan fingerprint density at radius 2 is 2.38 bits per heavy atom. The van der Waals surface area contributed by atoms with E-state index in [0.717, 1.165) is 0 Å². The van der Waals surface area contributed by atoms with Gasteiger partial charge in [0, 0.05) is 13.0 Å². The van der Waals surface area contributed by atoms with Crippen LogP contribution < -0.4 is 0 Å². The van der Waals surface area contributed by atoms with E-state index in [2.05, 4.69) is 4.98 Å². The lowest BCUT2D eigenvalue weighted by Gasteiger charge is -2.13. The molecule has 88 valence electrons. The number of hydrogen-bond donors (Lipinski definition) is 0. The molecule has 1 atom stereocenters. The fraction of sp³-hybridized carbons (Fsp3) is 0.500. The lowest BCUT2D eigenvalue weighted by atomic mass is 10.4. The molecule has 2 rings (SSSR count). The van der Waals surface area contributed by atoms with Gasteiger partial charge in [-0.1, -0.05) is 0 Å². The van der Waals surface area contributed by atoms with Gasteiger partial charge < -0.3 is 9.32 Å². The summed E-state index contributed by atoms with van der Waals surface area (Å²) in [6, 6.07) is 0. The highest BCUT2D eigenvalue weighted by atomic mass is 32.3. The first-order valence-electron chi connectivity index (χ1n) is 4.55. The Morgan fingerprint density at radius 1 is 1.62 bits per heavy atom. The number of likely N-dealkylation sites (tertiary alicyclic amines) is 1. The first kappa shape index (κ1) is 11.1. The van der Waals surface area contributed by atoms with Gasteiger partial charge in [-0.25, -0.2) is 4.98 Å². The van der Waals surface area contributed by atoms with Crippen molar-refractivity contribution in [1.29, 1.82) is 0 Å². The number of hydrogen-bond acceptors (Lipinski definition) is 5. The van der Waals surface area contributed by atoms with Crippen molar-refractivity contribution >= 4 is 16.1 Å². The number of oxazole rings is 1. The van der Waals surface area contributed by atoms with E-state index >= 15 is 0 Å². The predicted molar refractivity (Wildman–Crippen MR) is 50.4 cm³/mol. The summed E-state index contributed by atoms with van der Waals surface area (Å²) in [5, 5.41) is -1.26. The van der Waals surface area contributed by atoms with Gasteiger partial charge in [0.05, 0.1) is 12.2 Å². The third kappa shape index (κ3) is 2.21. The van der Waals surface area contributed by atoms with Crippen molar-refractivity contribution in [3.8, 4) is 0 Å². The summed E-state index contributed by atoms with van der Waals surface area (Å²) in [5.74, 6) is -0.394. The molecule has 1 aliphatic rings. The molecule has 1 aromatic heterocycles. The van der Waals surface area contributed by atoms with Crippen LogP contribution in [-0.2, 0) is 21.6 Å². The highest BCUT2D eigenvalue weighted by molar-refractivity contribution is 7.87. The van der Waals surface area contributed by atoms with Crippen molar-refractivity contribution in [2.75, 3.05) is 6.54 Å². The highest BCUT2D eigenvalue weighted by Gasteiger charge is 2.38. The Hall–Kier alpha value is -1.44. The predicted octanol–water partition coefficient (Wildman–Crippen LogP) is 0.0748. The number of amides is 1. The second-order valence-corrected chi connectivity index (χ2v) is 5.17. The van der Waals surface area contributed by atoms with E-state index in [4.69, 9.17) is 4.42 Å². The molecule has 0 spiro atoms. The molecule has 2 heterocycles. The van der Waals surface area contributed by atoms with Gasteiger partial charge in [0.2, 0.25) is 5.91 Å². The molecule has 1 aliphatic heterocycles. The van der Waals surface area contributed by atoms with E-state index in [1.807, 2.05) is 0 Å². The molecule has 1 aromatic rings. The minimum Gasteiger partial charge on any atom is -0.451 e. The minimum absolute atomic E-state index is 0.134. The summed E-state index contributed by atoms with van der Waals surface area (Å²) >= 11 is 0. The average Bonchev–Trinajstić information content (AvgIpc) is 2.76. The van der Waals surface area contributed by atoms with E-state index in [0.29, 0.717) is 5.69 Å². The van der Waals surface area contributed by atoms with Crippen molar-refractivity contribution < 1.29 is 21.5 Å². The summed E-state index contributed by atoms with van der Waals surface area (Å²) in [6.45, 7) is 0.00583.